The average Bonchev–Trinajstić information content (AvgIpc) is 1.87. The molecule has 0 aromatic carbocycles. The molecule has 1 nitrogen and oxygen atoms in total. The number of aliphatic hydroxyl groups is 1. The van der Waals surface area contributed by atoms with E-state index in [1.165, 1.54) is 0 Å². The monoisotopic (exact) mass is 152 g/mol. The van der Waals surface area contributed by atoms with Gasteiger partial charge in [0.05, 0.1) is 0 Å². The Labute approximate surface area is 60.1 Å². The van der Waals surface area contributed by atoms with Crippen LogP contribution in [0, 0.1) is 5.92 Å². The van der Waals surface area contributed by atoms with Crippen molar-refractivity contribution in [2.24, 2.45) is 5.92 Å². The zero-order valence-corrected chi connectivity index (χ0v) is 6.35. The quantitative estimate of drug-likeness (QED) is 0.653. The molecule has 0 rings (SSSR count). The van der Waals surface area contributed by atoms with Crippen LogP contribution in [0.4, 0.5) is 8.78 Å². The average molecular weight is 152 g/mol. The number of alkyl halides is 2. The van der Waals surface area contributed by atoms with Gasteiger partial charge in [-0.25, -0.2) is 8.78 Å². The molecule has 62 valence electrons. The smallest absolute Gasteiger partial charge is 0.264 e. The van der Waals surface area contributed by atoms with E-state index in [-0.39, 0.29) is 12.3 Å². The summed E-state index contributed by atoms with van der Waals surface area (Å²) in [6.07, 6.45) is -2.98. The van der Waals surface area contributed by atoms with E-state index >= 15 is 0 Å². The van der Waals surface area contributed by atoms with Crippen LogP contribution in [0.25, 0.3) is 0 Å². The molecule has 0 amide bonds. The minimum atomic E-state index is -2.59. The third-order valence-corrected chi connectivity index (χ3v) is 1.63. The Hall–Kier alpha value is -0.180. The van der Waals surface area contributed by atoms with Crippen LogP contribution in [-0.2, 0) is 0 Å². The first-order valence-corrected chi connectivity index (χ1v) is 3.54. The van der Waals surface area contributed by atoms with E-state index in [1.807, 2.05) is 13.8 Å². The third-order valence-electron chi connectivity index (χ3n) is 1.63. The first-order valence-electron chi connectivity index (χ1n) is 3.54. The number of hydrogen-bond donors (Lipinski definition) is 1. The van der Waals surface area contributed by atoms with Crippen molar-refractivity contribution in [3.05, 3.63) is 0 Å². The van der Waals surface area contributed by atoms with E-state index in [9.17, 15) is 8.78 Å². The summed E-state index contributed by atoms with van der Waals surface area (Å²) in [6, 6.07) is 0. The molecule has 0 bridgehead atoms. The lowest BCUT2D eigenvalue weighted by atomic mass is 10.0. The van der Waals surface area contributed by atoms with E-state index in [0.717, 1.165) is 6.42 Å². The molecular formula is C7H14F2O. The summed E-state index contributed by atoms with van der Waals surface area (Å²) >= 11 is 0. The maximum absolute atomic E-state index is 11.7. The molecule has 0 saturated carbocycles. The largest absolute Gasteiger partial charge is 0.387 e. The maximum atomic E-state index is 11.7. The van der Waals surface area contributed by atoms with Crippen molar-refractivity contribution >= 4 is 0 Å². The van der Waals surface area contributed by atoms with E-state index in [0.29, 0.717) is 0 Å². The summed E-state index contributed by atoms with van der Waals surface area (Å²) in [5, 5.41) is 8.68. The summed E-state index contributed by atoms with van der Waals surface area (Å²) in [4.78, 5) is 0. The normalized spacial score (nSPS) is 17.4. The second-order valence-electron chi connectivity index (χ2n) is 2.65. The fraction of sp³-hybridized carbons (Fsp3) is 1.00. The van der Waals surface area contributed by atoms with Gasteiger partial charge in [0.1, 0.15) is 6.10 Å². The van der Waals surface area contributed by atoms with Crippen LogP contribution in [0.15, 0.2) is 0 Å². The lowest BCUT2D eigenvalue weighted by Gasteiger charge is -2.13. The zero-order chi connectivity index (χ0) is 8.15. The molecule has 0 saturated heterocycles. The molecule has 10 heavy (non-hydrogen) atoms. The molecule has 0 fully saturated rings. The Kier molecular flexibility index (Phi) is 4.52. The molecule has 2 atom stereocenters. The van der Waals surface area contributed by atoms with Crippen molar-refractivity contribution < 1.29 is 13.9 Å². The first-order chi connectivity index (χ1) is 4.57. The second-order valence-corrected chi connectivity index (χ2v) is 2.65. The summed E-state index contributed by atoms with van der Waals surface area (Å²) in [5.74, 6) is 0.184. The molecule has 0 aliphatic heterocycles. The third kappa shape index (κ3) is 3.77. The predicted octanol–water partition coefficient (Wildman–Crippen LogP) is 2.05. The molecule has 0 radical (unpaired) electrons. The Bertz CT molecular complexity index is 85.7. The second kappa shape index (κ2) is 4.61. The van der Waals surface area contributed by atoms with E-state index < -0.39 is 12.5 Å². The molecule has 0 heterocycles. The van der Waals surface area contributed by atoms with Crippen molar-refractivity contribution in [3.8, 4) is 0 Å². The molecule has 0 aliphatic carbocycles. The van der Waals surface area contributed by atoms with Gasteiger partial charge in [-0.2, -0.15) is 0 Å². The van der Waals surface area contributed by atoms with Gasteiger partial charge in [0.25, 0.3) is 6.43 Å². The highest BCUT2D eigenvalue weighted by Gasteiger charge is 2.18. The molecule has 0 aliphatic rings. The van der Waals surface area contributed by atoms with E-state index in [1.54, 1.807) is 0 Å². The topological polar surface area (TPSA) is 20.2 Å². The summed E-state index contributed by atoms with van der Waals surface area (Å²) in [6.45, 7) is 3.77. The van der Waals surface area contributed by atoms with Crippen LogP contribution in [0.3, 0.4) is 0 Å². The fourth-order valence-electron chi connectivity index (χ4n) is 0.682. The Morgan fingerprint density at radius 3 is 2.20 bits per heavy atom. The van der Waals surface area contributed by atoms with Crippen LogP contribution in [-0.4, -0.2) is 17.6 Å². The number of rotatable bonds is 4. The van der Waals surface area contributed by atoms with Gasteiger partial charge in [0.15, 0.2) is 0 Å². The van der Waals surface area contributed by atoms with Crippen LogP contribution >= 0.6 is 0 Å². The summed E-state index contributed by atoms with van der Waals surface area (Å²) < 4.78 is 23.3. The minimum Gasteiger partial charge on any atom is -0.387 e. The summed E-state index contributed by atoms with van der Waals surface area (Å²) in [7, 11) is 0. The Balaban J connectivity index is 3.46. The van der Waals surface area contributed by atoms with Crippen LogP contribution in [0.5, 0.6) is 0 Å². The SMILES string of the molecule is CCC(C)CC(O)C(F)F. The van der Waals surface area contributed by atoms with Gasteiger partial charge < -0.3 is 5.11 Å². The Morgan fingerprint density at radius 2 is 1.90 bits per heavy atom. The zero-order valence-electron chi connectivity index (χ0n) is 6.35. The molecule has 0 aromatic heterocycles. The lowest BCUT2D eigenvalue weighted by Crippen LogP contribution is -2.19. The van der Waals surface area contributed by atoms with Gasteiger partial charge in [0.2, 0.25) is 0 Å². The molecule has 0 spiro atoms. The minimum absolute atomic E-state index is 0.184. The molecule has 1 N–H and O–H groups in total. The molecule has 3 heteroatoms. The standard InChI is InChI=1S/C7H14F2O/c1-3-5(2)4-6(10)7(8)9/h5-7,10H,3-4H2,1-2H3. The van der Waals surface area contributed by atoms with Gasteiger partial charge in [-0.15, -0.1) is 0 Å². The molecule has 0 aromatic rings. The van der Waals surface area contributed by atoms with Crippen molar-refractivity contribution in [3.63, 3.8) is 0 Å². The van der Waals surface area contributed by atoms with Crippen LogP contribution in [0.1, 0.15) is 26.7 Å². The van der Waals surface area contributed by atoms with E-state index in [4.69, 9.17) is 5.11 Å². The van der Waals surface area contributed by atoms with Crippen molar-refractivity contribution in [1.82, 2.24) is 0 Å². The highest BCUT2D eigenvalue weighted by atomic mass is 19.3. The highest BCUT2D eigenvalue weighted by molar-refractivity contribution is 4.61. The first kappa shape index (κ1) is 9.82. The van der Waals surface area contributed by atoms with Crippen LogP contribution in [0.2, 0.25) is 0 Å². The highest BCUT2D eigenvalue weighted by Crippen LogP contribution is 2.14. The van der Waals surface area contributed by atoms with Gasteiger partial charge in [-0.1, -0.05) is 20.3 Å². The number of hydrogen-bond acceptors (Lipinski definition) is 1. The fourth-order valence-corrected chi connectivity index (χ4v) is 0.682. The van der Waals surface area contributed by atoms with Crippen molar-refractivity contribution in [1.29, 1.82) is 0 Å². The van der Waals surface area contributed by atoms with Crippen molar-refractivity contribution in [2.45, 2.75) is 39.2 Å². The van der Waals surface area contributed by atoms with Gasteiger partial charge in [-0.3, -0.25) is 0 Å². The van der Waals surface area contributed by atoms with Gasteiger partial charge in [-0.05, 0) is 12.3 Å². The van der Waals surface area contributed by atoms with E-state index in [2.05, 4.69) is 0 Å². The maximum Gasteiger partial charge on any atom is 0.264 e. The number of halogens is 2. The van der Waals surface area contributed by atoms with Crippen LogP contribution < -0.4 is 0 Å². The summed E-state index contributed by atoms with van der Waals surface area (Å²) in [5.41, 5.74) is 0. The predicted molar refractivity (Wildman–Crippen MR) is 36.1 cm³/mol. The molecule has 2 unspecified atom stereocenters. The van der Waals surface area contributed by atoms with Gasteiger partial charge in [0, 0.05) is 0 Å². The van der Waals surface area contributed by atoms with Gasteiger partial charge >= 0.3 is 0 Å². The molecular weight excluding hydrogens is 138 g/mol. The van der Waals surface area contributed by atoms with Crippen molar-refractivity contribution in [2.75, 3.05) is 0 Å². The Morgan fingerprint density at radius 1 is 1.40 bits per heavy atom. The lowest BCUT2D eigenvalue weighted by molar-refractivity contribution is -0.0165. The number of aliphatic hydroxyl groups excluding tert-OH is 1.